The Labute approximate surface area is 127 Å². The molecule has 1 atom stereocenters. The first kappa shape index (κ1) is 16.8. The van der Waals surface area contributed by atoms with Gasteiger partial charge in [-0.3, -0.25) is 4.79 Å². The summed E-state index contributed by atoms with van der Waals surface area (Å²) in [4.78, 5) is 24.3. The Morgan fingerprint density at radius 2 is 2.10 bits per heavy atom. The van der Waals surface area contributed by atoms with E-state index >= 15 is 0 Å². The van der Waals surface area contributed by atoms with Gasteiger partial charge in [0.15, 0.2) is 0 Å². The van der Waals surface area contributed by atoms with Crippen LogP contribution in [-0.2, 0) is 16.1 Å². The minimum Gasteiger partial charge on any atom is -0.467 e. The van der Waals surface area contributed by atoms with Gasteiger partial charge in [-0.15, -0.1) is 0 Å². The van der Waals surface area contributed by atoms with Gasteiger partial charge in [-0.2, -0.15) is 0 Å². The molecule has 1 N–H and O–H groups in total. The summed E-state index contributed by atoms with van der Waals surface area (Å²) in [6.07, 6.45) is 3.13. The number of hydrogen-bond acceptors (Lipinski definition) is 3. The summed E-state index contributed by atoms with van der Waals surface area (Å²) < 4.78 is 7.45. The largest absolute Gasteiger partial charge is 0.467 e. The molecule has 1 aromatic rings. The highest BCUT2D eigenvalue weighted by Gasteiger charge is 2.35. The molecule has 0 saturated carbocycles. The molecule has 0 saturated heterocycles. The van der Waals surface area contributed by atoms with Crippen molar-refractivity contribution in [2.75, 3.05) is 7.11 Å². The van der Waals surface area contributed by atoms with E-state index < -0.39 is 11.5 Å². The van der Waals surface area contributed by atoms with Crippen LogP contribution in [0.4, 0.5) is 0 Å². The molecule has 1 heterocycles. The predicted molar refractivity (Wildman–Crippen MR) is 80.6 cm³/mol. The van der Waals surface area contributed by atoms with E-state index in [9.17, 15) is 9.59 Å². The first-order valence-corrected chi connectivity index (χ1v) is 7.43. The lowest BCUT2D eigenvalue weighted by atomic mass is 9.96. The van der Waals surface area contributed by atoms with Gasteiger partial charge in [0, 0.05) is 17.2 Å². The number of aryl methyl sites for hydroxylation is 1. The average Bonchev–Trinajstić information content (AvgIpc) is 2.79. The maximum absolute atomic E-state index is 12.4. The first-order valence-electron chi connectivity index (χ1n) is 6.64. The Bertz CT molecular complexity index is 499. The van der Waals surface area contributed by atoms with E-state index in [1.54, 1.807) is 13.0 Å². The molecule has 112 valence electrons. The number of aromatic nitrogens is 1. The van der Waals surface area contributed by atoms with E-state index in [0.29, 0.717) is 18.7 Å². The van der Waals surface area contributed by atoms with Gasteiger partial charge in [0.25, 0.3) is 5.91 Å². The minimum absolute atomic E-state index is 0.279. The fraction of sp³-hybridized carbons (Fsp3) is 0.571. The molecule has 5 nitrogen and oxygen atoms in total. The zero-order valence-corrected chi connectivity index (χ0v) is 13.9. The standard InChI is InChI=1S/C14H21BrN2O3/c1-5-7-14(3,13(19)20-4)16-12(18)11-8-10(15)9-17(11)6-2/h8-9H,5-7H2,1-4H3,(H,16,18). The normalized spacial score (nSPS) is 13.7. The summed E-state index contributed by atoms with van der Waals surface area (Å²) in [5.74, 6) is -0.708. The lowest BCUT2D eigenvalue weighted by molar-refractivity contribution is -0.147. The summed E-state index contributed by atoms with van der Waals surface area (Å²) in [6, 6.07) is 1.74. The fourth-order valence-corrected chi connectivity index (χ4v) is 2.65. The van der Waals surface area contributed by atoms with Crippen LogP contribution < -0.4 is 5.32 Å². The van der Waals surface area contributed by atoms with Crippen molar-refractivity contribution in [3.63, 3.8) is 0 Å². The minimum atomic E-state index is -1.00. The maximum Gasteiger partial charge on any atom is 0.331 e. The van der Waals surface area contributed by atoms with E-state index in [2.05, 4.69) is 21.2 Å². The van der Waals surface area contributed by atoms with Gasteiger partial charge in [0.05, 0.1) is 7.11 Å². The van der Waals surface area contributed by atoms with Crippen molar-refractivity contribution in [1.29, 1.82) is 0 Å². The third-order valence-electron chi connectivity index (χ3n) is 3.21. The monoisotopic (exact) mass is 344 g/mol. The van der Waals surface area contributed by atoms with Gasteiger partial charge >= 0.3 is 5.97 Å². The number of amides is 1. The second kappa shape index (κ2) is 6.92. The number of nitrogens with zero attached hydrogens (tertiary/aromatic N) is 1. The van der Waals surface area contributed by atoms with Crippen LogP contribution in [0.2, 0.25) is 0 Å². The Kier molecular flexibility index (Phi) is 5.80. The molecule has 20 heavy (non-hydrogen) atoms. The van der Waals surface area contributed by atoms with Crippen LogP contribution >= 0.6 is 15.9 Å². The van der Waals surface area contributed by atoms with E-state index in [1.165, 1.54) is 7.11 Å². The Hall–Kier alpha value is -1.30. The number of ether oxygens (including phenoxy) is 1. The highest BCUT2D eigenvalue weighted by Crippen LogP contribution is 2.18. The molecule has 0 spiro atoms. The predicted octanol–water partition coefficient (Wildman–Crippen LogP) is 2.73. The zero-order chi connectivity index (χ0) is 15.3. The highest BCUT2D eigenvalue weighted by atomic mass is 79.9. The van der Waals surface area contributed by atoms with Crippen LogP contribution in [0.1, 0.15) is 44.1 Å². The number of halogens is 1. The van der Waals surface area contributed by atoms with Crippen LogP contribution in [0.5, 0.6) is 0 Å². The van der Waals surface area contributed by atoms with Gasteiger partial charge in [0.2, 0.25) is 0 Å². The Morgan fingerprint density at radius 1 is 1.45 bits per heavy atom. The molecule has 6 heteroatoms. The van der Waals surface area contributed by atoms with Gasteiger partial charge in [-0.25, -0.2) is 4.79 Å². The van der Waals surface area contributed by atoms with Gasteiger partial charge in [0.1, 0.15) is 11.2 Å². The quantitative estimate of drug-likeness (QED) is 0.807. The van der Waals surface area contributed by atoms with Crippen LogP contribution in [0.15, 0.2) is 16.7 Å². The molecular weight excluding hydrogens is 324 g/mol. The first-order chi connectivity index (χ1) is 9.37. The SMILES string of the molecule is CCCC(C)(NC(=O)c1cc(Br)cn1CC)C(=O)OC. The summed E-state index contributed by atoms with van der Waals surface area (Å²) in [7, 11) is 1.33. The molecule has 0 aliphatic rings. The van der Waals surface area contributed by atoms with E-state index in [-0.39, 0.29) is 5.91 Å². The lowest BCUT2D eigenvalue weighted by Gasteiger charge is -2.27. The lowest BCUT2D eigenvalue weighted by Crippen LogP contribution is -2.53. The van der Waals surface area contributed by atoms with Crippen molar-refractivity contribution in [3.8, 4) is 0 Å². The van der Waals surface area contributed by atoms with Crippen molar-refractivity contribution in [1.82, 2.24) is 9.88 Å². The molecular formula is C14H21BrN2O3. The van der Waals surface area contributed by atoms with Crippen LogP contribution in [0.3, 0.4) is 0 Å². The van der Waals surface area contributed by atoms with Crippen LogP contribution in [-0.4, -0.2) is 29.1 Å². The summed E-state index contributed by atoms with van der Waals surface area (Å²) in [5.41, 5.74) is -0.485. The smallest absolute Gasteiger partial charge is 0.331 e. The third-order valence-corrected chi connectivity index (χ3v) is 3.65. The molecule has 1 rings (SSSR count). The molecule has 0 aromatic carbocycles. The number of rotatable bonds is 6. The van der Waals surface area contributed by atoms with Crippen molar-refractivity contribution in [2.45, 2.75) is 45.7 Å². The highest BCUT2D eigenvalue weighted by molar-refractivity contribution is 9.10. The van der Waals surface area contributed by atoms with Crippen molar-refractivity contribution < 1.29 is 14.3 Å². The third kappa shape index (κ3) is 3.62. The maximum atomic E-state index is 12.4. The number of carbonyl (C=O) groups excluding carboxylic acids is 2. The second-order valence-corrected chi connectivity index (χ2v) is 5.77. The number of nitrogens with one attached hydrogen (secondary N) is 1. The molecule has 1 unspecified atom stereocenters. The molecule has 0 aliphatic carbocycles. The Morgan fingerprint density at radius 3 is 2.60 bits per heavy atom. The van der Waals surface area contributed by atoms with Crippen LogP contribution in [0, 0.1) is 0 Å². The van der Waals surface area contributed by atoms with E-state index in [0.717, 1.165) is 10.9 Å². The molecule has 0 fully saturated rings. The Balaban J connectivity index is 2.99. The van der Waals surface area contributed by atoms with E-state index in [4.69, 9.17) is 4.74 Å². The molecule has 0 bridgehead atoms. The molecule has 0 radical (unpaired) electrons. The summed E-state index contributed by atoms with van der Waals surface area (Å²) >= 11 is 3.35. The number of esters is 1. The number of carbonyl (C=O) groups is 2. The molecule has 0 aliphatic heterocycles. The number of hydrogen-bond donors (Lipinski definition) is 1. The zero-order valence-electron chi connectivity index (χ0n) is 12.3. The van der Waals surface area contributed by atoms with Gasteiger partial charge in [-0.05, 0) is 42.3 Å². The molecule has 1 amide bonds. The summed E-state index contributed by atoms with van der Waals surface area (Å²) in [5, 5.41) is 2.79. The average molecular weight is 345 g/mol. The van der Waals surface area contributed by atoms with Gasteiger partial charge in [-0.1, -0.05) is 13.3 Å². The van der Waals surface area contributed by atoms with E-state index in [1.807, 2.05) is 24.6 Å². The number of methoxy groups -OCH3 is 1. The van der Waals surface area contributed by atoms with Crippen molar-refractivity contribution in [3.05, 3.63) is 22.4 Å². The second-order valence-electron chi connectivity index (χ2n) is 4.86. The fourth-order valence-electron chi connectivity index (χ4n) is 2.18. The molecule has 1 aromatic heterocycles. The van der Waals surface area contributed by atoms with Crippen molar-refractivity contribution >= 4 is 27.8 Å². The van der Waals surface area contributed by atoms with Crippen LogP contribution in [0.25, 0.3) is 0 Å². The van der Waals surface area contributed by atoms with Crippen molar-refractivity contribution in [2.24, 2.45) is 0 Å². The van der Waals surface area contributed by atoms with Gasteiger partial charge < -0.3 is 14.6 Å². The topological polar surface area (TPSA) is 60.3 Å². The summed E-state index contributed by atoms with van der Waals surface area (Å²) in [6.45, 7) is 6.28.